The Labute approximate surface area is 194 Å². The minimum atomic E-state index is -0.151. The van der Waals surface area contributed by atoms with Crippen LogP contribution in [-0.2, 0) is 12.0 Å². The first-order valence-electron chi connectivity index (χ1n) is 10.1. The van der Waals surface area contributed by atoms with Gasteiger partial charge in [-0.1, -0.05) is 32.0 Å². The predicted octanol–water partition coefficient (Wildman–Crippen LogP) is 3.94. The summed E-state index contributed by atoms with van der Waals surface area (Å²) >= 11 is 1.82. The van der Waals surface area contributed by atoms with Gasteiger partial charge in [-0.3, -0.25) is 4.90 Å². The fourth-order valence-corrected chi connectivity index (χ4v) is 4.11. The summed E-state index contributed by atoms with van der Waals surface area (Å²) in [5, 5.41) is 13.0. The summed E-state index contributed by atoms with van der Waals surface area (Å²) in [6.45, 7) is 12.6. The van der Waals surface area contributed by atoms with Gasteiger partial charge in [-0.15, -0.1) is 35.3 Å². The second kappa shape index (κ2) is 11.3. The fourth-order valence-electron chi connectivity index (χ4n) is 3.25. The van der Waals surface area contributed by atoms with E-state index in [9.17, 15) is 0 Å². The van der Waals surface area contributed by atoms with E-state index in [0.29, 0.717) is 24.3 Å². The molecule has 1 saturated heterocycles. The molecule has 2 N–H and O–H groups in total. The van der Waals surface area contributed by atoms with Gasteiger partial charge in [0.25, 0.3) is 0 Å². The zero-order valence-electron chi connectivity index (χ0n) is 17.8. The number of rotatable bonds is 7. The second-order valence-electron chi connectivity index (χ2n) is 8.12. The lowest BCUT2D eigenvalue weighted by Gasteiger charge is -2.27. The lowest BCUT2D eigenvalue weighted by atomic mass is 9.97. The number of nitrogens with one attached hydrogen (secondary N) is 2. The molecule has 2 aromatic rings. The molecular formula is C20H33IN6OS. The fraction of sp³-hybridized carbons (Fsp3) is 0.650. The van der Waals surface area contributed by atoms with Crippen molar-refractivity contribution >= 4 is 41.3 Å². The average molecular weight is 532 g/mol. The Morgan fingerprint density at radius 2 is 2.07 bits per heavy atom. The SMILES string of the molecule is CCNC(=NCc1noc(C(C)(C)C)n1)NCC(c1cccs1)N1CCCC1.I. The van der Waals surface area contributed by atoms with E-state index in [-0.39, 0.29) is 29.4 Å². The van der Waals surface area contributed by atoms with E-state index in [2.05, 4.69) is 75.9 Å². The highest BCUT2D eigenvalue weighted by molar-refractivity contribution is 14.0. The van der Waals surface area contributed by atoms with E-state index in [1.165, 1.54) is 17.7 Å². The number of thiophene rings is 1. The highest BCUT2D eigenvalue weighted by Crippen LogP contribution is 2.27. The molecule has 1 fully saturated rings. The van der Waals surface area contributed by atoms with E-state index in [4.69, 9.17) is 4.52 Å². The molecule has 3 rings (SSSR count). The Bertz CT molecular complexity index is 749. The highest BCUT2D eigenvalue weighted by Gasteiger charge is 2.24. The van der Waals surface area contributed by atoms with Crippen molar-refractivity contribution in [2.75, 3.05) is 26.2 Å². The van der Waals surface area contributed by atoms with Crippen molar-refractivity contribution in [2.24, 2.45) is 4.99 Å². The first-order chi connectivity index (χ1) is 13.5. The van der Waals surface area contributed by atoms with E-state index in [1.807, 2.05) is 11.3 Å². The van der Waals surface area contributed by atoms with Gasteiger partial charge in [0.2, 0.25) is 5.89 Å². The molecule has 3 heterocycles. The molecule has 1 aliphatic heterocycles. The van der Waals surface area contributed by atoms with E-state index < -0.39 is 0 Å². The minimum Gasteiger partial charge on any atom is -0.357 e. The number of likely N-dealkylation sites (tertiary alicyclic amines) is 1. The van der Waals surface area contributed by atoms with E-state index >= 15 is 0 Å². The molecule has 0 radical (unpaired) electrons. The molecular weight excluding hydrogens is 499 g/mol. The van der Waals surface area contributed by atoms with Crippen molar-refractivity contribution in [3.05, 3.63) is 34.1 Å². The molecule has 0 saturated carbocycles. The molecule has 1 unspecified atom stereocenters. The van der Waals surface area contributed by atoms with Crippen LogP contribution in [0, 0.1) is 0 Å². The van der Waals surface area contributed by atoms with Crippen molar-refractivity contribution in [1.82, 2.24) is 25.7 Å². The summed E-state index contributed by atoms with van der Waals surface area (Å²) in [6.07, 6.45) is 2.56. The van der Waals surface area contributed by atoms with Crippen LogP contribution in [0.2, 0.25) is 0 Å². The highest BCUT2D eigenvalue weighted by atomic mass is 127. The Hall–Kier alpha value is -1.20. The summed E-state index contributed by atoms with van der Waals surface area (Å²) < 4.78 is 5.36. The van der Waals surface area contributed by atoms with Gasteiger partial charge >= 0.3 is 0 Å². The average Bonchev–Trinajstić information content (AvgIpc) is 3.41. The van der Waals surface area contributed by atoms with Crippen molar-refractivity contribution in [3.8, 4) is 0 Å². The van der Waals surface area contributed by atoms with Gasteiger partial charge in [0, 0.05) is 23.4 Å². The van der Waals surface area contributed by atoms with Crippen LogP contribution in [0.1, 0.15) is 63.2 Å². The van der Waals surface area contributed by atoms with Crippen LogP contribution < -0.4 is 10.6 Å². The molecule has 0 amide bonds. The number of guanidine groups is 1. The number of hydrogen-bond acceptors (Lipinski definition) is 6. The number of aromatic nitrogens is 2. The lowest BCUT2D eigenvalue weighted by Crippen LogP contribution is -2.42. The van der Waals surface area contributed by atoms with Crippen LogP contribution >= 0.6 is 35.3 Å². The minimum absolute atomic E-state index is 0. The van der Waals surface area contributed by atoms with Gasteiger partial charge in [0.05, 0.1) is 6.04 Å². The van der Waals surface area contributed by atoms with Crippen molar-refractivity contribution in [3.63, 3.8) is 0 Å². The summed E-state index contributed by atoms with van der Waals surface area (Å²) in [4.78, 5) is 13.1. The number of nitrogens with zero attached hydrogens (tertiary/aromatic N) is 4. The van der Waals surface area contributed by atoms with Gasteiger partial charge in [-0.05, 0) is 44.3 Å². The van der Waals surface area contributed by atoms with E-state index in [1.54, 1.807) is 0 Å². The van der Waals surface area contributed by atoms with Crippen molar-refractivity contribution in [1.29, 1.82) is 0 Å². The molecule has 0 spiro atoms. The summed E-state index contributed by atoms with van der Waals surface area (Å²) in [6, 6.07) is 4.74. The van der Waals surface area contributed by atoms with E-state index in [0.717, 1.165) is 32.1 Å². The quantitative estimate of drug-likeness (QED) is 0.320. The third kappa shape index (κ3) is 6.92. The Morgan fingerprint density at radius 3 is 2.66 bits per heavy atom. The Morgan fingerprint density at radius 1 is 1.31 bits per heavy atom. The molecule has 1 atom stereocenters. The number of halogens is 1. The number of aliphatic imine (C=N–C) groups is 1. The normalized spacial score (nSPS) is 16.5. The molecule has 2 aromatic heterocycles. The molecule has 7 nitrogen and oxygen atoms in total. The maximum atomic E-state index is 5.36. The van der Waals surface area contributed by atoms with Crippen LogP contribution in [0.3, 0.4) is 0 Å². The van der Waals surface area contributed by atoms with Crippen LogP contribution in [0.5, 0.6) is 0 Å². The summed E-state index contributed by atoms with van der Waals surface area (Å²) in [7, 11) is 0. The topological polar surface area (TPSA) is 78.6 Å². The molecule has 1 aliphatic rings. The molecule has 0 aromatic carbocycles. The van der Waals surface area contributed by atoms with Crippen molar-refractivity contribution < 1.29 is 4.52 Å². The molecule has 0 bridgehead atoms. The summed E-state index contributed by atoms with van der Waals surface area (Å²) in [5.74, 6) is 2.03. The lowest BCUT2D eigenvalue weighted by molar-refractivity contribution is 0.249. The monoisotopic (exact) mass is 532 g/mol. The standard InChI is InChI=1S/C20H32N6OS.HI/c1-5-21-19(23-14-17-24-18(27-25-17)20(2,3)4)22-13-15(16-9-8-12-28-16)26-10-6-7-11-26;/h8-9,12,15H,5-7,10-11,13-14H2,1-4H3,(H2,21,22,23);1H. The third-order valence-electron chi connectivity index (χ3n) is 4.75. The van der Waals surface area contributed by atoms with Crippen LogP contribution in [0.15, 0.2) is 27.0 Å². The van der Waals surface area contributed by atoms with Crippen LogP contribution in [-0.4, -0.2) is 47.2 Å². The molecule has 0 aliphatic carbocycles. The smallest absolute Gasteiger partial charge is 0.232 e. The van der Waals surface area contributed by atoms with Gasteiger partial charge in [0.15, 0.2) is 11.8 Å². The van der Waals surface area contributed by atoms with Crippen LogP contribution in [0.4, 0.5) is 0 Å². The van der Waals surface area contributed by atoms with Gasteiger partial charge in [0.1, 0.15) is 6.54 Å². The summed E-state index contributed by atoms with van der Waals surface area (Å²) in [5.41, 5.74) is -0.151. The largest absolute Gasteiger partial charge is 0.357 e. The van der Waals surface area contributed by atoms with Gasteiger partial charge in [-0.2, -0.15) is 4.98 Å². The Kier molecular flexibility index (Phi) is 9.35. The third-order valence-corrected chi connectivity index (χ3v) is 5.72. The van der Waals surface area contributed by atoms with Gasteiger partial charge < -0.3 is 15.2 Å². The Balaban J connectivity index is 0.00000300. The zero-order valence-corrected chi connectivity index (χ0v) is 20.9. The van der Waals surface area contributed by atoms with Crippen molar-refractivity contribution in [2.45, 2.75) is 58.5 Å². The maximum Gasteiger partial charge on any atom is 0.232 e. The van der Waals surface area contributed by atoms with Crippen LogP contribution in [0.25, 0.3) is 0 Å². The number of hydrogen-bond donors (Lipinski definition) is 2. The first kappa shape index (κ1) is 24.1. The molecule has 9 heteroatoms. The predicted molar refractivity (Wildman–Crippen MR) is 129 cm³/mol. The second-order valence-corrected chi connectivity index (χ2v) is 9.10. The molecule has 162 valence electrons. The molecule has 29 heavy (non-hydrogen) atoms. The zero-order chi connectivity index (χ0) is 20.0. The van der Waals surface area contributed by atoms with Gasteiger partial charge in [-0.25, -0.2) is 4.99 Å². The maximum absolute atomic E-state index is 5.36. The first-order valence-corrected chi connectivity index (χ1v) is 11.0.